The molecule has 0 unspecified atom stereocenters. The summed E-state index contributed by atoms with van der Waals surface area (Å²) in [5.74, 6) is 0.901. The van der Waals surface area contributed by atoms with Crippen LogP contribution in [0.5, 0.6) is 17.2 Å². The summed E-state index contributed by atoms with van der Waals surface area (Å²) in [6.07, 6.45) is 0. The Morgan fingerprint density at radius 2 is 1.52 bits per heavy atom. The lowest BCUT2D eigenvalue weighted by atomic mass is 10.1. The molecule has 0 saturated carbocycles. The molecular formula is C18H20N2O5. The zero-order chi connectivity index (χ0) is 18.4. The minimum Gasteiger partial charge on any atom is -0.493 e. The molecule has 0 aliphatic rings. The normalized spacial score (nSPS) is 11.0. The van der Waals surface area contributed by atoms with E-state index in [0.717, 1.165) is 5.56 Å². The number of nitrogens with one attached hydrogen (secondary N) is 1. The number of nitrogens with zero attached hydrogens (tertiary/aromatic N) is 1. The van der Waals surface area contributed by atoms with Gasteiger partial charge >= 0.3 is 0 Å². The Morgan fingerprint density at radius 1 is 0.960 bits per heavy atom. The summed E-state index contributed by atoms with van der Waals surface area (Å²) in [4.78, 5) is 12.5. The van der Waals surface area contributed by atoms with Gasteiger partial charge in [0.2, 0.25) is 5.75 Å². The minimum absolute atomic E-state index is 0.320. The Kier molecular flexibility index (Phi) is 5.84. The maximum atomic E-state index is 12.5. The van der Waals surface area contributed by atoms with Crippen LogP contribution in [-0.2, 0) is 0 Å². The van der Waals surface area contributed by atoms with Gasteiger partial charge in [0.1, 0.15) is 0 Å². The molecule has 2 N–H and O–H groups in total. The number of amides is 1. The average molecular weight is 344 g/mol. The largest absolute Gasteiger partial charge is 0.493 e. The molecule has 0 aliphatic heterocycles. The molecule has 2 rings (SSSR count). The van der Waals surface area contributed by atoms with Gasteiger partial charge in [-0.1, -0.05) is 17.3 Å². The molecule has 0 bridgehead atoms. The molecule has 2 aromatic rings. The van der Waals surface area contributed by atoms with Crippen LogP contribution in [0.4, 0.5) is 5.69 Å². The number of oxime groups is 1. The number of hydrogen-bond acceptors (Lipinski definition) is 6. The van der Waals surface area contributed by atoms with E-state index in [2.05, 4.69) is 10.5 Å². The first-order valence-electron chi connectivity index (χ1n) is 7.44. The molecule has 0 spiro atoms. The third-order valence-electron chi connectivity index (χ3n) is 3.64. The first-order chi connectivity index (χ1) is 12.0. The quantitative estimate of drug-likeness (QED) is 0.477. The highest BCUT2D eigenvalue weighted by Gasteiger charge is 2.17. The Labute approximate surface area is 145 Å². The standard InChI is InChI=1S/C18H20N2O5/c1-11(20-22)12-5-7-14(8-6-12)19-18(21)13-9-15(23-2)17(25-4)16(10-13)24-3/h5-10,22H,1-4H3,(H,19,21)/b20-11-. The number of carbonyl (C=O) groups excluding carboxylic acids is 1. The van der Waals surface area contributed by atoms with E-state index in [-0.39, 0.29) is 5.91 Å². The van der Waals surface area contributed by atoms with Gasteiger partial charge in [-0.05, 0) is 36.8 Å². The Hall–Kier alpha value is -3.22. The smallest absolute Gasteiger partial charge is 0.255 e. The third-order valence-corrected chi connectivity index (χ3v) is 3.64. The molecule has 7 heteroatoms. The van der Waals surface area contributed by atoms with Crippen LogP contribution in [0.1, 0.15) is 22.8 Å². The average Bonchev–Trinajstić information content (AvgIpc) is 2.66. The van der Waals surface area contributed by atoms with E-state index in [1.54, 1.807) is 43.3 Å². The summed E-state index contributed by atoms with van der Waals surface area (Å²) in [6.45, 7) is 1.68. The van der Waals surface area contributed by atoms with Gasteiger partial charge in [0, 0.05) is 11.3 Å². The highest BCUT2D eigenvalue weighted by molar-refractivity contribution is 6.05. The highest BCUT2D eigenvalue weighted by atomic mass is 16.5. The van der Waals surface area contributed by atoms with E-state index >= 15 is 0 Å². The number of benzene rings is 2. The molecule has 0 heterocycles. The number of ether oxygens (including phenoxy) is 3. The summed E-state index contributed by atoms with van der Waals surface area (Å²) >= 11 is 0. The van der Waals surface area contributed by atoms with Crippen LogP contribution in [0.25, 0.3) is 0 Å². The van der Waals surface area contributed by atoms with E-state index < -0.39 is 0 Å². The zero-order valence-corrected chi connectivity index (χ0v) is 14.5. The highest BCUT2D eigenvalue weighted by Crippen LogP contribution is 2.38. The molecule has 0 fully saturated rings. The van der Waals surface area contributed by atoms with Gasteiger partial charge in [-0.25, -0.2) is 0 Å². The van der Waals surface area contributed by atoms with Crippen molar-refractivity contribution in [2.75, 3.05) is 26.6 Å². The Morgan fingerprint density at radius 3 is 1.96 bits per heavy atom. The first kappa shape index (κ1) is 18.1. The van der Waals surface area contributed by atoms with Crippen LogP contribution in [0.3, 0.4) is 0 Å². The first-order valence-corrected chi connectivity index (χ1v) is 7.44. The van der Waals surface area contributed by atoms with Crippen molar-refractivity contribution in [3.05, 3.63) is 47.5 Å². The van der Waals surface area contributed by atoms with Crippen molar-refractivity contribution < 1.29 is 24.2 Å². The molecule has 0 aromatic heterocycles. The SMILES string of the molecule is COc1cc(C(=O)Nc2ccc(/C(C)=N\O)cc2)cc(OC)c1OC. The fourth-order valence-corrected chi connectivity index (χ4v) is 2.27. The van der Waals surface area contributed by atoms with Crippen LogP contribution in [0.2, 0.25) is 0 Å². The van der Waals surface area contributed by atoms with Crippen LogP contribution < -0.4 is 19.5 Å². The topological polar surface area (TPSA) is 89.4 Å². The summed E-state index contributed by atoms with van der Waals surface area (Å²) in [5.41, 5.74) is 2.22. The Balaban J connectivity index is 2.26. The lowest BCUT2D eigenvalue weighted by molar-refractivity contribution is 0.102. The second-order valence-corrected chi connectivity index (χ2v) is 5.13. The predicted octanol–water partition coefficient (Wildman–Crippen LogP) is 3.16. The monoisotopic (exact) mass is 344 g/mol. The van der Waals surface area contributed by atoms with E-state index in [0.29, 0.717) is 34.2 Å². The van der Waals surface area contributed by atoms with Crippen molar-refractivity contribution >= 4 is 17.3 Å². The molecule has 1 amide bonds. The third kappa shape index (κ3) is 4.00. The fourth-order valence-electron chi connectivity index (χ4n) is 2.27. The van der Waals surface area contributed by atoms with Crippen LogP contribution in [-0.4, -0.2) is 38.2 Å². The minimum atomic E-state index is -0.320. The van der Waals surface area contributed by atoms with Crippen molar-refractivity contribution in [3.63, 3.8) is 0 Å². The second-order valence-electron chi connectivity index (χ2n) is 5.13. The molecule has 7 nitrogen and oxygen atoms in total. The van der Waals surface area contributed by atoms with Crippen molar-refractivity contribution in [3.8, 4) is 17.2 Å². The predicted molar refractivity (Wildman–Crippen MR) is 94.5 cm³/mol. The fraction of sp³-hybridized carbons (Fsp3) is 0.222. The van der Waals surface area contributed by atoms with Gasteiger partial charge in [0.25, 0.3) is 5.91 Å². The summed E-state index contributed by atoms with van der Waals surface area (Å²) in [7, 11) is 4.48. The van der Waals surface area contributed by atoms with Gasteiger partial charge in [-0.3, -0.25) is 4.79 Å². The van der Waals surface area contributed by atoms with E-state index in [1.807, 2.05) is 0 Å². The van der Waals surface area contributed by atoms with Crippen LogP contribution in [0.15, 0.2) is 41.6 Å². The van der Waals surface area contributed by atoms with E-state index in [9.17, 15) is 4.79 Å². The van der Waals surface area contributed by atoms with E-state index in [4.69, 9.17) is 19.4 Å². The number of carbonyl (C=O) groups is 1. The lowest BCUT2D eigenvalue weighted by Crippen LogP contribution is -2.12. The number of methoxy groups -OCH3 is 3. The zero-order valence-electron chi connectivity index (χ0n) is 14.5. The lowest BCUT2D eigenvalue weighted by Gasteiger charge is -2.14. The second kappa shape index (κ2) is 8.05. The molecule has 25 heavy (non-hydrogen) atoms. The van der Waals surface area contributed by atoms with Crippen molar-refractivity contribution in [1.29, 1.82) is 0 Å². The molecule has 0 aliphatic carbocycles. The molecule has 132 valence electrons. The maximum Gasteiger partial charge on any atom is 0.255 e. The van der Waals surface area contributed by atoms with Crippen molar-refractivity contribution in [1.82, 2.24) is 0 Å². The van der Waals surface area contributed by atoms with Gasteiger partial charge in [-0.2, -0.15) is 0 Å². The molecule has 0 radical (unpaired) electrons. The summed E-state index contributed by atoms with van der Waals surface area (Å²) in [5, 5.41) is 14.7. The van der Waals surface area contributed by atoms with Crippen molar-refractivity contribution in [2.45, 2.75) is 6.92 Å². The molecule has 0 saturated heterocycles. The number of hydrogen-bond donors (Lipinski definition) is 2. The summed E-state index contributed by atoms with van der Waals surface area (Å²) < 4.78 is 15.7. The molecule has 0 atom stereocenters. The molecular weight excluding hydrogens is 324 g/mol. The van der Waals surface area contributed by atoms with Gasteiger partial charge in [0.15, 0.2) is 11.5 Å². The van der Waals surface area contributed by atoms with Crippen LogP contribution in [0, 0.1) is 0 Å². The Bertz CT molecular complexity index is 760. The van der Waals surface area contributed by atoms with Gasteiger partial charge in [0.05, 0.1) is 27.0 Å². The summed E-state index contributed by atoms with van der Waals surface area (Å²) in [6, 6.07) is 10.1. The van der Waals surface area contributed by atoms with Crippen molar-refractivity contribution in [2.24, 2.45) is 5.16 Å². The number of rotatable bonds is 6. The van der Waals surface area contributed by atoms with Gasteiger partial charge < -0.3 is 24.7 Å². The molecule has 2 aromatic carbocycles. The number of anilines is 1. The van der Waals surface area contributed by atoms with Crippen LogP contribution >= 0.6 is 0 Å². The van der Waals surface area contributed by atoms with E-state index in [1.165, 1.54) is 21.3 Å². The van der Waals surface area contributed by atoms with Gasteiger partial charge in [-0.15, -0.1) is 0 Å². The maximum absolute atomic E-state index is 12.5.